The van der Waals surface area contributed by atoms with Gasteiger partial charge >= 0.3 is 5.97 Å². The topological polar surface area (TPSA) is 60.9 Å². The third-order valence-corrected chi connectivity index (χ3v) is 7.15. The molecule has 1 atom stereocenters. The summed E-state index contributed by atoms with van der Waals surface area (Å²) in [7, 11) is 0. The fraction of sp³-hybridized carbons (Fsp3) is 0.481. The first kappa shape index (κ1) is 23.4. The highest BCUT2D eigenvalue weighted by Gasteiger charge is 2.52. The number of carbonyl (C=O) groups excluding carboxylic acids is 1. The van der Waals surface area contributed by atoms with E-state index in [-0.39, 0.29) is 23.2 Å². The van der Waals surface area contributed by atoms with E-state index in [9.17, 15) is 14.0 Å². The van der Waals surface area contributed by atoms with Gasteiger partial charge in [0.1, 0.15) is 5.82 Å². The van der Waals surface area contributed by atoms with Crippen molar-refractivity contribution in [3.05, 3.63) is 71.0 Å². The number of rotatable bonds is 7. The number of nitrogens with zero attached hydrogens (tertiary/aromatic N) is 2. The molecule has 176 valence electrons. The second kappa shape index (κ2) is 9.64. The van der Waals surface area contributed by atoms with Crippen molar-refractivity contribution < 1.29 is 19.1 Å². The van der Waals surface area contributed by atoms with Gasteiger partial charge in [-0.2, -0.15) is 0 Å². The second-order valence-electron chi connectivity index (χ2n) is 10.1. The molecule has 0 radical (unpaired) electrons. The van der Waals surface area contributed by atoms with Gasteiger partial charge in [-0.3, -0.25) is 9.69 Å². The third kappa shape index (κ3) is 5.27. The molecule has 2 heterocycles. The van der Waals surface area contributed by atoms with Crippen molar-refractivity contribution in [2.45, 2.75) is 52.1 Å². The molecule has 0 unspecified atom stereocenters. The predicted molar refractivity (Wildman–Crippen MR) is 125 cm³/mol. The Morgan fingerprint density at radius 3 is 2.24 bits per heavy atom. The predicted octanol–water partition coefficient (Wildman–Crippen LogP) is 4.61. The molecule has 1 spiro atoms. The molecular weight excluding hydrogens is 419 g/mol. The molecule has 5 nitrogen and oxygen atoms in total. The van der Waals surface area contributed by atoms with Gasteiger partial charge in [0.2, 0.25) is 5.91 Å². The zero-order chi connectivity index (χ0) is 23.6. The summed E-state index contributed by atoms with van der Waals surface area (Å²) in [6, 6.07) is 13.8. The second-order valence-corrected chi connectivity index (χ2v) is 10.1. The monoisotopic (exact) mass is 452 g/mol. The van der Waals surface area contributed by atoms with E-state index in [4.69, 9.17) is 5.11 Å². The fourth-order valence-corrected chi connectivity index (χ4v) is 5.39. The van der Waals surface area contributed by atoms with E-state index in [1.807, 2.05) is 24.3 Å². The molecule has 1 N–H and O–H groups in total. The molecule has 2 aliphatic rings. The summed E-state index contributed by atoms with van der Waals surface area (Å²) >= 11 is 0. The minimum Gasteiger partial charge on any atom is -0.478 e. The quantitative estimate of drug-likeness (QED) is 0.667. The molecule has 0 aliphatic carbocycles. The maximum atomic E-state index is 13.6. The van der Waals surface area contributed by atoms with E-state index in [1.54, 1.807) is 12.1 Å². The highest BCUT2D eigenvalue weighted by Crippen LogP contribution is 2.45. The molecule has 2 aliphatic heterocycles. The van der Waals surface area contributed by atoms with Crippen molar-refractivity contribution in [1.29, 1.82) is 0 Å². The number of halogens is 1. The first-order valence-electron chi connectivity index (χ1n) is 11.9. The first-order chi connectivity index (χ1) is 15.8. The van der Waals surface area contributed by atoms with Crippen LogP contribution < -0.4 is 0 Å². The number of aromatic carboxylic acids is 1. The van der Waals surface area contributed by atoms with Gasteiger partial charge in [-0.05, 0) is 80.1 Å². The van der Waals surface area contributed by atoms with Gasteiger partial charge in [-0.25, -0.2) is 9.18 Å². The van der Waals surface area contributed by atoms with Gasteiger partial charge in [0, 0.05) is 19.1 Å². The lowest BCUT2D eigenvalue weighted by Crippen LogP contribution is -2.45. The van der Waals surface area contributed by atoms with Crippen LogP contribution in [0.1, 0.15) is 54.6 Å². The van der Waals surface area contributed by atoms with E-state index in [0.29, 0.717) is 11.5 Å². The maximum Gasteiger partial charge on any atom is 0.335 e. The van der Waals surface area contributed by atoms with Crippen LogP contribution in [0.4, 0.5) is 4.39 Å². The van der Waals surface area contributed by atoms with Crippen LogP contribution in [0.15, 0.2) is 48.5 Å². The van der Waals surface area contributed by atoms with Crippen LogP contribution in [-0.4, -0.2) is 52.5 Å². The van der Waals surface area contributed by atoms with Crippen molar-refractivity contribution in [2.75, 3.05) is 19.6 Å². The normalized spacial score (nSPS) is 20.7. The van der Waals surface area contributed by atoms with Crippen LogP contribution in [0.3, 0.4) is 0 Å². The Balaban J connectivity index is 1.42. The van der Waals surface area contributed by atoms with Gasteiger partial charge < -0.3 is 10.0 Å². The summed E-state index contributed by atoms with van der Waals surface area (Å²) in [5, 5.41) is 9.08. The average Bonchev–Trinajstić information content (AvgIpc) is 3.02. The summed E-state index contributed by atoms with van der Waals surface area (Å²) in [5.74, 6) is -0.466. The van der Waals surface area contributed by atoms with E-state index in [2.05, 4.69) is 23.6 Å². The molecular formula is C27H33FN2O3. The highest BCUT2D eigenvalue weighted by atomic mass is 19.1. The molecule has 6 heteroatoms. The Morgan fingerprint density at radius 2 is 1.67 bits per heavy atom. The van der Waals surface area contributed by atoms with Gasteiger partial charge in [-0.15, -0.1) is 0 Å². The summed E-state index contributed by atoms with van der Waals surface area (Å²) in [6.07, 6.45) is 3.30. The lowest BCUT2D eigenvalue weighted by Gasteiger charge is -2.38. The SMILES string of the molecule is CC(C)CN1C(=O)C2(CCN(Cc3ccc(C(=O)O)cc3)CC2)C[C@H]1Cc1ccc(F)cc1. The molecule has 2 saturated heterocycles. The Labute approximate surface area is 195 Å². The van der Waals surface area contributed by atoms with Gasteiger partial charge in [0.25, 0.3) is 0 Å². The molecule has 2 aromatic carbocycles. The van der Waals surface area contributed by atoms with Crippen molar-refractivity contribution in [2.24, 2.45) is 11.3 Å². The first-order valence-corrected chi connectivity index (χ1v) is 11.9. The number of carboxylic acids is 1. The molecule has 4 rings (SSSR count). The number of benzene rings is 2. The fourth-order valence-electron chi connectivity index (χ4n) is 5.39. The third-order valence-electron chi connectivity index (χ3n) is 7.15. The van der Waals surface area contributed by atoms with Crippen molar-refractivity contribution in [3.63, 3.8) is 0 Å². The molecule has 0 aromatic heterocycles. The molecule has 0 bridgehead atoms. The zero-order valence-corrected chi connectivity index (χ0v) is 19.5. The molecule has 0 saturated carbocycles. The molecule has 2 aromatic rings. The van der Waals surface area contributed by atoms with E-state index in [1.165, 1.54) is 12.1 Å². The van der Waals surface area contributed by atoms with Crippen LogP contribution in [0.2, 0.25) is 0 Å². The van der Waals surface area contributed by atoms with Crippen LogP contribution in [-0.2, 0) is 17.8 Å². The summed E-state index contributed by atoms with van der Waals surface area (Å²) in [6.45, 7) is 7.51. The van der Waals surface area contributed by atoms with Gasteiger partial charge in [0.05, 0.1) is 11.0 Å². The maximum absolute atomic E-state index is 13.6. The number of piperidine rings is 1. The standard InChI is InChI=1S/C27H33FN2O3/c1-19(2)17-30-24(15-20-5-9-23(28)10-6-20)16-27(26(30)33)11-13-29(14-12-27)18-21-3-7-22(8-4-21)25(31)32/h3-10,19,24H,11-18H2,1-2H3,(H,31,32)/t24-/m1/s1. The number of hydrogen-bond donors (Lipinski definition) is 1. The van der Waals surface area contributed by atoms with E-state index in [0.717, 1.165) is 63.0 Å². The number of likely N-dealkylation sites (tertiary alicyclic amines) is 2. The number of carboxylic acid groups (broad SMARTS) is 1. The van der Waals surface area contributed by atoms with E-state index < -0.39 is 5.97 Å². The highest BCUT2D eigenvalue weighted by molar-refractivity contribution is 5.87. The lowest BCUT2D eigenvalue weighted by molar-refractivity contribution is -0.139. The zero-order valence-electron chi connectivity index (χ0n) is 19.5. The van der Waals surface area contributed by atoms with Crippen molar-refractivity contribution in [3.8, 4) is 0 Å². The summed E-state index contributed by atoms with van der Waals surface area (Å²) in [4.78, 5) is 29.1. The van der Waals surface area contributed by atoms with Crippen molar-refractivity contribution in [1.82, 2.24) is 9.80 Å². The van der Waals surface area contributed by atoms with Crippen LogP contribution in [0.25, 0.3) is 0 Å². The summed E-state index contributed by atoms with van der Waals surface area (Å²) < 4.78 is 13.3. The Kier molecular flexibility index (Phi) is 6.84. The number of amides is 1. The lowest BCUT2D eigenvalue weighted by atomic mass is 9.75. The largest absolute Gasteiger partial charge is 0.478 e. The Morgan fingerprint density at radius 1 is 1.06 bits per heavy atom. The van der Waals surface area contributed by atoms with Gasteiger partial charge in [0.15, 0.2) is 0 Å². The molecule has 2 fully saturated rings. The smallest absolute Gasteiger partial charge is 0.335 e. The van der Waals surface area contributed by atoms with Crippen LogP contribution >= 0.6 is 0 Å². The van der Waals surface area contributed by atoms with Crippen LogP contribution in [0.5, 0.6) is 0 Å². The number of carbonyl (C=O) groups is 2. The minimum absolute atomic E-state index is 0.153. The number of hydrogen-bond acceptors (Lipinski definition) is 3. The van der Waals surface area contributed by atoms with E-state index >= 15 is 0 Å². The van der Waals surface area contributed by atoms with Crippen molar-refractivity contribution >= 4 is 11.9 Å². The van der Waals surface area contributed by atoms with Gasteiger partial charge in [-0.1, -0.05) is 38.1 Å². The Hall–Kier alpha value is -2.73. The minimum atomic E-state index is -0.914. The molecule has 33 heavy (non-hydrogen) atoms. The molecule has 1 amide bonds. The summed E-state index contributed by atoms with van der Waals surface area (Å²) in [5.41, 5.74) is 2.15. The van der Waals surface area contributed by atoms with Crippen LogP contribution in [0, 0.1) is 17.2 Å². The average molecular weight is 453 g/mol. The Bertz CT molecular complexity index is 979.